The summed E-state index contributed by atoms with van der Waals surface area (Å²) in [6.45, 7) is 4.86. The summed E-state index contributed by atoms with van der Waals surface area (Å²) in [5, 5.41) is 12.6. The quantitative estimate of drug-likeness (QED) is 0.610. The van der Waals surface area contributed by atoms with Gasteiger partial charge < -0.3 is 16.2 Å². The number of hydrogen-bond donors (Lipinski definition) is 3. The molecule has 0 saturated heterocycles. The second-order valence-electron chi connectivity index (χ2n) is 5.52. The third kappa shape index (κ3) is 6.17. The van der Waals surface area contributed by atoms with Crippen molar-refractivity contribution in [3.8, 4) is 5.75 Å². The molecule has 0 aromatic heterocycles. The van der Waals surface area contributed by atoms with Gasteiger partial charge in [-0.1, -0.05) is 32.8 Å². The van der Waals surface area contributed by atoms with Crippen molar-refractivity contribution in [2.45, 2.75) is 52.4 Å². The number of aryl methyl sites for hydroxylation is 1. The van der Waals surface area contributed by atoms with Gasteiger partial charge in [0, 0.05) is 6.42 Å². The summed E-state index contributed by atoms with van der Waals surface area (Å²) in [6, 6.07) is 5.32. The first kappa shape index (κ1) is 17.5. The van der Waals surface area contributed by atoms with Crippen molar-refractivity contribution in [3.05, 3.63) is 23.8 Å². The largest absolute Gasteiger partial charge is 0.506 e. The lowest BCUT2D eigenvalue weighted by Gasteiger charge is -2.15. The third-order valence-corrected chi connectivity index (χ3v) is 3.79. The second-order valence-corrected chi connectivity index (χ2v) is 5.52. The Labute approximate surface area is 127 Å². The molecule has 0 aliphatic rings. The van der Waals surface area contributed by atoms with Crippen LogP contribution in [0, 0.1) is 5.92 Å². The molecule has 1 unspecified atom stereocenters. The molecule has 1 rings (SSSR count). The van der Waals surface area contributed by atoms with Gasteiger partial charge in [-0.25, -0.2) is 0 Å². The molecule has 0 spiro atoms. The van der Waals surface area contributed by atoms with Gasteiger partial charge in [-0.15, -0.1) is 0 Å². The van der Waals surface area contributed by atoms with Crippen molar-refractivity contribution < 1.29 is 9.90 Å². The minimum Gasteiger partial charge on any atom is -0.506 e. The van der Waals surface area contributed by atoms with E-state index in [-0.39, 0.29) is 11.7 Å². The first-order valence-electron chi connectivity index (χ1n) is 7.92. The van der Waals surface area contributed by atoms with E-state index < -0.39 is 0 Å². The topological polar surface area (TPSA) is 75.4 Å². The fourth-order valence-electron chi connectivity index (χ4n) is 2.53. The third-order valence-electron chi connectivity index (χ3n) is 3.79. The average Bonchev–Trinajstić information content (AvgIpc) is 2.47. The van der Waals surface area contributed by atoms with Gasteiger partial charge in [-0.3, -0.25) is 4.79 Å². The van der Waals surface area contributed by atoms with Crippen LogP contribution >= 0.6 is 0 Å². The highest BCUT2D eigenvalue weighted by molar-refractivity contribution is 5.92. The molecule has 118 valence electrons. The maximum absolute atomic E-state index is 12.0. The van der Waals surface area contributed by atoms with Crippen molar-refractivity contribution >= 4 is 11.6 Å². The lowest BCUT2D eigenvalue weighted by Crippen LogP contribution is -2.15. The summed E-state index contributed by atoms with van der Waals surface area (Å²) in [4.78, 5) is 12.0. The van der Waals surface area contributed by atoms with Crippen molar-refractivity contribution in [2.24, 2.45) is 11.7 Å². The predicted molar refractivity (Wildman–Crippen MR) is 87.4 cm³/mol. The van der Waals surface area contributed by atoms with E-state index in [0.29, 0.717) is 24.6 Å². The lowest BCUT2D eigenvalue weighted by atomic mass is 9.94. The number of nitrogens with one attached hydrogen (secondary N) is 1. The van der Waals surface area contributed by atoms with E-state index in [9.17, 15) is 9.90 Å². The number of carbonyl (C=O) groups is 1. The Hall–Kier alpha value is -1.55. The van der Waals surface area contributed by atoms with Gasteiger partial charge in [0.05, 0.1) is 5.69 Å². The highest BCUT2D eigenvalue weighted by atomic mass is 16.3. The highest BCUT2D eigenvalue weighted by Crippen LogP contribution is 2.25. The maximum atomic E-state index is 12.0. The molecule has 0 bridgehead atoms. The molecule has 0 fully saturated rings. The molecule has 0 saturated carbocycles. The molecule has 0 radical (unpaired) electrons. The number of phenols is 1. The molecular formula is C17H28N2O2. The molecule has 0 aliphatic carbocycles. The number of hydrogen-bond acceptors (Lipinski definition) is 3. The average molecular weight is 292 g/mol. The summed E-state index contributed by atoms with van der Waals surface area (Å²) in [7, 11) is 0. The Balaban J connectivity index is 2.53. The van der Waals surface area contributed by atoms with Crippen molar-refractivity contribution in [3.63, 3.8) is 0 Å². The fourth-order valence-corrected chi connectivity index (χ4v) is 2.53. The smallest absolute Gasteiger partial charge is 0.224 e. The summed E-state index contributed by atoms with van der Waals surface area (Å²) < 4.78 is 0. The van der Waals surface area contributed by atoms with Crippen LogP contribution in [0.5, 0.6) is 5.75 Å². The van der Waals surface area contributed by atoms with E-state index in [1.54, 1.807) is 6.07 Å². The summed E-state index contributed by atoms with van der Waals surface area (Å²) in [6.07, 6.45) is 5.40. The van der Waals surface area contributed by atoms with Gasteiger partial charge in [-0.05, 0) is 49.4 Å². The summed E-state index contributed by atoms with van der Waals surface area (Å²) in [5.41, 5.74) is 7.21. The summed E-state index contributed by atoms with van der Waals surface area (Å²) in [5.74, 6) is 0.589. The zero-order valence-corrected chi connectivity index (χ0v) is 13.2. The van der Waals surface area contributed by atoms with Gasteiger partial charge in [0.2, 0.25) is 5.91 Å². The van der Waals surface area contributed by atoms with Crippen LogP contribution in [0.4, 0.5) is 5.69 Å². The molecule has 1 amide bonds. The molecule has 1 atom stereocenters. The Kier molecular flexibility index (Phi) is 7.83. The number of anilines is 1. The second kappa shape index (κ2) is 9.40. The van der Waals surface area contributed by atoms with E-state index in [1.165, 1.54) is 0 Å². The van der Waals surface area contributed by atoms with E-state index >= 15 is 0 Å². The lowest BCUT2D eigenvalue weighted by molar-refractivity contribution is -0.116. The minimum atomic E-state index is -0.0447. The van der Waals surface area contributed by atoms with E-state index in [0.717, 1.165) is 37.7 Å². The molecule has 4 nitrogen and oxygen atoms in total. The van der Waals surface area contributed by atoms with Crippen LogP contribution in [-0.2, 0) is 11.2 Å². The number of amides is 1. The van der Waals surface area contributed by atoms with Gasteiger partial charge >= 0.3 is 0 Å². The fraction of sp³-hybridized carbons (Fsp3) is 0.588. The Morgan fingerprint density at radius 2 is 2.05 bits per heavy atom. The van der Waals surface area contributed by atoms with Gasteiger partial charge in [-0.2, -0.15) is 0 Å². The molecule has 0 aliphatic heterocycles. The molecule has 1 aromatic carbocycles. The number of rotatable bonds is 9. The normalized spacial score (nSPS) is 12.1. The van der Waals surface area contributed by atoms with Crippen LogP contribution in [0.25, 0.3) is 0 Å². The van der Waals surface area contributed by atoms with Crippen molar-refractivity contribution in [1.82, 2.24) is 0 Å². The standard InChI is InChI=1S/C17H28N2O2/c1-3-5-14(10-11-18)7-9-17(21)19-15-12-13(4-2)6-8-16(15)20/h6,8,12,14,20H,3-5,7,9-11,18H2,1-2H3,(H,19,21). The first-order valence-corrected chi connectivity index (χ1v) is 7.92. The maximum Gasteiger partial charge on any atom is 0.224 e. The van der Waals surface area contributed by atoms with Crippen LogP contribution in [-0.4, -0.2) is 17.6 Å². The molecule has 1 aromatic rings. The minimum absolute atomic E-state index is 0.0447. The van der Waals surface area contributed by atoms with Gasteiger partial charge in [0.25, 0.3) is 0 Å². The number of benzene rings is 1. The van der Waals surface area contributed by atoms with Crippen LogP contribution in [0.1, 0.15) is 51.5 Å². The van der Waals surface area contributed by atoms with Gasteiger partial charge in [0.15, 0.2) is 0 Å². The number of carbonyl (C=O) groups excluding carboxylic acids is 1. The zero-order chi connectivity index (χ0) is 15.7. The highest BCUT2D eigenvalue weighted by Gasteiger charge is 2.12. The van der Waals surface area contributed by atoms with Crippen LogP contribution in [0.2, 0.25) is 0 Å². The predicted octanol–water partition coefficient (Wildman–Crippen LogP) is 3.44. The van der Waals surface area contributed by atoms with Crippen LogP contribution < -0.4 is 11.1 Å². The van der Waals surface area contributed by atoms with Crippen LogP contribution in [0.3, 0.4) is 0 Å². The van der Waals surface area contributed by atoms with E-state index in [1.807, 2.05) is 19.1 Å². The van der Waals surface area contributed by atoms with Crippen molar-refractivity contribution in [1.29, 1.82) is 0 Å². The number of aromatic hydroxyl groups is 1. The molecule has 4 N–H and O–H groups in total. The Morgan fingerprint density at radius 3 is 2.67 bits per heavy atom. The molecule has 4 heteroatoms. The monoisotopic (exact) mass is 292 g/mol. The van der Waals surface area contributed by atoms with E-state index in [4.69, 9.17) is 5.73 Å². The Bertz CT molecular complexity index is 440. The molecular weight excluding hydrogens is 264 g/mol. The van der Waals surface area contributed by atoms with Gasteiger partial charge in [0.1, 0.15) is 5.75 Å². The number of phenolic OH excluding ortho intramolecular Hbond substituents is 1. The summed E-state index contributed by atoms with van der Waals surface area (Å²) >= 11 is 0. The molecule has 0 heterocycles. The van der Waals surface area contributed by atoms with Crippen LogP contribution in [0.15, 0.2) is 18.2 Å². The Morgan fingerprint density at radius 1 is 1.29 bits per heavy atom. The zero-order valence-electron chi connectivity index (χ0n) is 13.2. The van der Waals surface area contributed by atoms with Crippen molar-refractivity contribution in [2.75, 3.05) is 11.9 Å². The molecule has 21 heavy (non-hydrogen) atoms. The first-order chi connectivity index (χ1) is 10.1. The van der Waals surface area contributed by atoms with E-state index in [2.05, 4.69) is 12.2 Å². The number of nitrogens with two attached hydrogens (primary N) is 1. The SMILES string of the molecule is CCCC(CCN)CCC(=O)Nc1cc(CC)ccc1O.